The van der Waals surface area contributed by atoms with Crippen molar-refractivity contribution in [1.82, 2.24) is 0 Å². The summed E-state index contributed by atoms with van der Waals surface area (Å²) < 4.78 is 11.7. The molecule has 2 aromatic rings. The molecular weight excluding hydrogens is 384 g/mol. The number of aliphatic hydroxyl groups excluding tert-OH is 4. The van der Waals surface area contributed by atoms with E-state index in [1.807, 2.05) is 19.1 Å². The van der Waals surface area contributed by atoms with Crippen LogP contribution in [0, 0.1) is 6.92 Å². The van der Waals surface area contributed by atoms with Crippen LogP contribution in [-0.4, -0.2) is 51.4 Å². The monoisotopic (exact) mass is 414 g/mol. The van der Waals surface area contributed by atoms with Gasteiger partial charge in [0.15, 0.2) is 0 Å². The summed E-state index contributed by atoms with van der Waals surface area (Å²) >= 11 is 0. The molecule has 0 radical (unpaired) electrons. The number of ether oxygens (including phenoxy) is 2. The molecule has 1 spiro atoms. The number of fused-ring (bicyclic) bond motifs is 2. The van der Waals surface area contributed by atoms with E-state index in [1.165, 1.54) is 11.1 Å². The van der Waals surface area contributed by atoms with Crippen LogP contribution in [0.15, 0.2) is 36.4 Å². The number of benzene rings is 2. The third-order valence-electron chi connectivity index (χ3n) is 6.29. The quantitative estimate of drug-likeness (QED) is 0.594. The smallest absolute Gasteiger partial charge is 0.225 e. The highest BCUT2D eigenvalue weighted by Crippen LogP contribution is 2.46. The predicted octanol–water partition coefficient (Wildman–Crippen LogP) is 1.70. The Morgan fingerprint density at radius 3 is 2.40 bits per heavy atom. The van der Waals surface area contributed by atoms with Gasteiger partial charge in [0.2, 0.25) is 5.79 Å². The van der Waals surface area contributed by atoms with Crippen molar-refractivity contribution in [3.8, 4) is 0 Å². The maximum Gasteiger partial charge on any atom is 0.225 e. The number of rotatable bonds is 5. The maximum absolute atomic E-state index is 10.7. The summed E-state index contributed by atoms with van der Waals surface area (Å²) in [7, 11) is 0. The van der Waals surface area contributed by atoms with Gasteiger partial charge in [0.05, 0.1) is 13.2 Å². The lowest BCUT2D eigenvalue weighted by Crippen LogP contribution is -2.63. The molecule has 2 aliphatic rings. The van der Waals surface area contributed by atoms with Gasteiger partial charge in [0, 0.05) is 5.56 Å². The van der Waals surface area contributed by atoms with Gasteiger partial charge in [-0.1, -0.05) is 43.7 Å². The molecule has 1 fully saturated rings. The first kappa shape index (κ1) is 21.4. The first-order valence-electron chi connectivity index (χ1n) is 10.6. The molecule has 6 heteroatoms. The minimum Gasteiger partial charge on any atom is -0.394 e. The van der Waals surface area contributed by atoms with Crippen molar-refractivity contribution in [3.05, 3.63) is 69.8 Å². The predicted molar refractivity (Wildman–Crippen MR) is 111 cm³/mol. The molecule has 0 amide bonds. The number of hydrogen-bond acceptors (Lipinski definition) is 6. The lowest BCUT2D eigenvalue weighted by molar-refractivity contribution is -0.368. The van der Waals surface area contributed by atoms with Crippen LogP contribution in [0.25, 0.3) is 0 Å². The standard InChI is InChI=1S/C24H30O6/c1-3-4-15-5-7-16(8-6-15)10-17-11-19-18(9-14(17)2)13-29-24(19)23(28)22(27)21(26)20(12-25)30-24/h5-9,11,20-23,25-28H,3-4,10,12-13H2,1-2H3/t20-,21-,22+,23-,24?/m1/s1. The molecule has 0 bridgehead atoms. The van der Waals surface area contributed by atoms with Gasteiger partial charge in [-0.05, 0) is 53.6 Å². The van der Waals surface area contributed by atoms with E-state index in [9.17, 15) is 20.4 Å². The summed E-state index contributed by atoms with van der Waals surface area (Å²) in [5, 5.41) is 40.8. The maximum atomic E-state index is 10.7. The average molecular weight is 414 g/mol. The first-order chi connectivity index (χ1) is 14.4. The highest BCUT2D eigenvalue weighted by atomic mass is 16.7. The second-order valence-electron chi connectivity index (χ2n) is 8.40. The second-order valence-corrected chi connectivity index (χ2v) is 8.40. The normalized spacial score (nSPS) is 30.6. The van der Waals surface area contributed by atoms with Crippen LogP contribution in [0.5, 0.6) is 0 Å². The Morgan fingerprint density at radius 2 is 1.73 bits per heavy atom. The second kappa shape index (κ2) is 8.38. The van der Waals surface area contributed by atoms with Crippen molar-refractivity contribution >= 4 is 0 Å². The van der Waals surface area contributed by atoms with E-state index in [4.69, 9.17) is 9.47 Å². The number of aryl methyl sites for hydroxylation is 2. The zero-order chi connectivity index (χ0) is 21.5. The molecule has 0 aromatic heterocycles. The van der Waals surface area contributed by atoms with Crippen LogP contribution in [0.4, 0.5) is 0 Å². The molecule has 4 N–H and O–H groups in total. The van der Waals surface area contributed by atoms with Crippen LogP contribution < -0.4 is 0 Å². The Morgan fingerprint density at radius 1 is 1.03 bits per heavy atom. The van der Waals surface area contributed by atoms with Gasteiger partial charge in [-0.25, -0.2) is 0 Å². The summed E-state index contributed by atoms with van der Waals surface area (Å²) in [4.78, 5) is 0. The van der Waals surface area contributed by atoms with Crippen molar-refractivity contribution in [2.24, 2.45) is 0 Å². The summed E-state index contributed by atoms with van der Waals surface area (Å²) in [6, 6.07) is 12.6. The van der Waals surface area contributed by atoms with E-state index in [2.05, 4.69) is 31.2 Å². The van der Waals surface area contributed by atoms with E-state index in [1.54, 1.807) is 0 Å². The van der Waals surface area contributed by atoms with E-state index >= 15 is 0 Å². The summed E-state index contributed by atoms with van der Waals surface area (Å²) in [6.45, 7) is 3.94. The summed E-state index contributed by atoms with van der Waals surface area (Å²) in [5.74, 6) is -1.60. The fraction of sp³-hybridized carbons (Fsp3) is 0.500. The van der Waals surface area contributed by atoms with Gasteiger partial charge in [0.1, 0.15) is 24.4 Å². The van der Waals surface area contributed by atoms with Crippen LogP contribution >= 0.6 is 0 Å². The van der Waals surface area contributed by atoms with Crippen molar-refractivity contribution < 1.29 is 29.9 Å². The highest BCUT2D eigenvalue weighted by molar-refractivity contribution is 5.45. The van der Waals surface area contributed by atoms with Gasteiger partial charge in [-0.3, -0.25) is 0 Å². The largest absolute Gasteiger partial charge is 0.394 e. The molecule has 162 valence electrons. The molecule has 6 nitrogen and oxygen atoms in total. The van der Waals surface area contributed by atoms with Crippen LogP contribution in [0.2, 0.25) is 0 Å². The van der Waals surface area contributed by atoms with Crippen molar-refractivity contribution in [2.45, 2.75) is 69.9 Å². The van der Waals surface area contributed by atoms with E-state index in [0.29, 0.717) is 12.0 Å². The van der Waals surface area contributed by atoms with Gasteiger partial charge < -0.3 is 29.9 Å². The minimum atomic E-state index is -1.60. The zero-order valence-electron chi connectivity index (χ0n) is 17.4. The number of aliphatic hydroxyl groups is 4. The Kier molecular flexibility index (Phi) is 5.99. The highest BCUT2D eigenvalue weighted by Gasteiger charge is 2.58. The molecule has 2 aliphatic heterocycles. The fourth-order valence-corrected chi connectivity index (χ4v) is 4.53. The van der Waals surface area contributed by atoms with E-state index in [-0.39, 0.29) is 6.61 Å². The Balaban J connectivity index is 1.67. The van der Waals surface area contributed by atoms with Crippen molar-refractivity contribution in [3.63, 3.8) is 0 Å². The van der Waals surface area contributed by atoms with Gasteiger partial charge >= 0.3 is 0 Å². The van der Waals surface area contributed by atoms with E-state index < -0.39 is 36.8 Å². The van der Waals surface area contributed by atoms with Crippen molar-refractivity contribution in [1.29, 1.82) is 0 Å². The first-order valence-corrected chi connectivity index (χ1v) is 10.6. The molecule has 1 saturated heterocycles. The number of hydrogen-bond donors (Lipinski definition) is 4. The topological polar surface area (TPSA) is 99.4 Å². The molecule has 0 aliphatic carbocycles. The SMILES string of the molecule is CCCc1ccc(Cc2cc3c(cc2C)COC32O[C@H](CO)[C@@H](O)[C@H](O)[C@H]2O)cc1. The third kappa shape index (κ3) is 3.58. The average Bonchev–Trinajstić information content (AvgIpc) is 3.09. The van der Waals surface area contributed by atoms with E-state index in [0.717, 1.165) is 29.5 Å². The molecular formula is C24H30O6. The van der Waals surface area contributed by atoms with Gasteiger partial charge in [-0.2, -0.15) is 0 Å². The van der Waals surface area contributed by atoms with Crippen LogP contribution in [0.1, 0.15) is 46.7 Å². The molecule has 1 unspecified atom stereocenters. The molecule has 2 aromatic carbocycles. The Bertz CT molecular complexity index is 893. The summed E-state index contributed by atoms with van der Waals surface area (Å²) in [5.41, 5.74) is 6.19. The van der Waals surface area contributed by atoms with Crippen molar-refractivity contribution in [2.75, 3.05) is 6.61 Å². The Labute approximate surface area is 176 Å². The fourth-order valence-electron chi connectivity index (χ4n) is 4.53. The Hall–Kier alpha value is -1.80. The molecule has 2 heterocycles. The molecule has 5 atom stereocenters. The van der Waals surface area contributed by atoms with Gasteiger partial charge in [-0.15, -0.1) is 0 Å². The molecule has 0 saturated carbocycles. The molecule has 4 rings (SSSR count). The lowest BCUT2D eigenvalue weighted by Gasteiger charge is -2.46. The minimum absolute atomic E-state index is 0.222. The van der Waals surface area contributed by atoms with Crippen LogP contribution in [0.3, 0.4) is 0 Å². The molecule has 30 heavy (non-hydrogen) atoms. The van der Waals surface area contributed by atoms with Gasteiger partial charge in [0.25, 0.3) is 0 Å². The summed E-state index contributed by atoms with van der Waals surface area (Å²) in [6.07, 6.45) is -2.51. The third-order valence-corrected chi connectivity index (χ3v) is 6.29. The zero-order valence-corrected chi connectivity index (χ0v) is 17.4. The lowest BCUT2D eigenvalue weighted by atomic mass is 9.85. The van der Waals surface area contributed by atoms with Crippen LogP contribution in [-0.2, 0) is 34.7 Å².